The van der Waals surface area contributed by atoms with Gasteiger partial charge in [0.25, 0.3) is 5.91 Å². The number of aliphatic carboxylic acids is 1. The molecule has 1 aromatic heterocycles. The maximum absolute atomic E-state index is 12.0. The number of hydrogen-bond donors (Lipinski definition) is 3. The van der Waals surface area contributed by atoms with Crippen molar-refractivity contribution in [2.24, 2.45) is 11.8 Å². The Labute approximate surface area is 132 Å². The molecule has 22 heavy (non-hydrogen) atoms. The van der Waals surface area contributed by atoms with Crippen LogP contribution < -0.4 is 10.6 Å². The Morgan fingerprint density at radius 3 is 2.59 bits per heavy atom. The van der Waals surface area contributed by atoms with Crippen molar-refractivity contribution in [1.29, 1.82) is 0 Å². The minimum Gasteiger partial charge on any atom is -0.481 e. The topological polar surface area (TPSA) is 95.5 Å². The SMILES string of the molecule is O=C(NCCNC(=O)C1CCCC(C(=O)O)C1)c1cccs1. The van der Waals surface area contributed by atoms with Crippen molar-refractivity contribution in [2.45, 2.75) is 25.7 Å². The second-order valence-electron chi connectivity index (χ2n) is 5.42. The summed E-state index contributed by atoms with van der Waals surface area (Å²) in [5.41, 5.74) is 0. The molecular weight excluding hydrogens is 304 g/mol. The van der Waals surface area contributed by atoms with Gasteiger partial charge in [0.05, 0.1) is 10.8 Å². The Morgan fingerprint density at radius 2 is 1.91 bits per heavy atom. The zero-order valence-corrected chi connectivity index (χ0v) is 13.0. The molecule has 1 fully saturated rings. The third-order valence-electron chi connectivity index (χ3n) is 3.85. The van der Waals surface area contributed by atoms with Crippen LogP contribution in [-0.2, 0) is 9.59 Å². The summed E-state index contributed by atoms with van der Waals surface area (Å²) in [5, 5.41) is 16.4. The fourth-order valence-corrected chi connectivity index (χ4v) is 3.29. The van der Waals surface area contributed by atoms with Gasteiger partial charge in [-0.15, -0.1) is 11.3 Å². The van der Waals surface area contributed by atoms with E-state index >= 15 is 0 Å². The van der Waals surface area contributed by atoms with E-state index in [1.54, 1.807) is 6.07 Å². The van der Waals surface area contributed by atoms with Crippen LogP contribution in [0.15, 0.2) is 17.5 Å². The van der Waals surface area contributed by atoms with E-state index in [1.807, 2.05) is 11.4 Å². The van der Waals surface area contributed by atoms with E-state index in [0.29, 0.717) is 30.8 Å². The zero-order valence-electron chi connectivity index (χ0n) is 12.2. The van der Waals surface area contributed by atoms with Crippen molar-refractivity contribution in [3.8, 4) is 0 Å². The van der Waals surface area contributed by atoms with Crippen molar-refractivity contribution in [2.75, 3.05) is 13.1 Å². The molecule has 7 heteroatoms. The van der Waals surface area contributed by atoms with E-state index in [-0.39, 0.29) is 17.7 Å². The van der Waals surface area contributed by atoms with Crippen molar-refractivity contribution >= 4 is 29.1 Å². The van der Waals surface area contributed by atoms with Gasteiger partial charge in [0.15, 0.2) is 0 Å². The molecule has 0 aliphatic heterocycles. The molecule has 0 aromatic carbocycles. The molecule has 1 aromatic rings. The first-order valence-corrected chi connectivity index (χ1v) is 8.28. The Hall–Kier alpha value is -1.89. The Kier molecular flexibility index (Phi) is 5.94. The predicted molar refractivity (Wildman–Crippen MR) is 82.7 cm³/mol. The summed E-state index contributed by atoms with van der Waals surface area (Å²) in [6, 6.07) is 3.55. The van der Waals surface area contributed by atoms with Gasteiger partial charge in [0, 0.05) is 19.0 Å². The van der Waals surface area contributed by atoms with Crippen LogP contribution in [0.3, 0.4) is 0 Å². The van der Waals surface area contributed by atoms with E-state index in [4.69, 9.17) is 5.11 Å². The highest BCUT2D eigenvalue weighted by Gasteiger charge is 2.30. The molecule has 2 unspecified atom stereocenters. The summed E-state index contributed by atoms with van der Waals surface area (Å²) in [6.07, 6.45) is 2.56. The van der Waals surface area contributed by atoms with Crippen LogP contribution in [0.4, 0.5) is 0 Å². The number of rotatable bonds is 6. The second-order valence-corrected chi connectivity index (χ2v) is 6.37. The molecule has 2 rings (SSSR count). The number of carboxylic acid groups (broad SMARTS) is 1. The van der Waals surface area contributed by atoms with Crippen molar-refractivity contribution in [1.82, 2.24) is 10.6 Å². The lowest BCUT2D eigenvalue weighted by molar-refractivity contribution is -0.144. The summed E-state index contributed by atoms with van der Waals surface area (Å²) < 4.78 is 0. The first-order valence-electron chi connectivity index (χ1n) is 7.40. The number of thiophene rings is 1. The van der Waals surface area contributed by atoms with Crippen LogP contribution in [0.1, 0.15) is 35.4 Å². The molecule has 0 radical (unpaired) electrons. The average Bonchev–Trinajstić information content (AvgIpc) is 3.05. The van der Waals surface area contributed by atoms with Gasteiger partial charge in [-0.2, -0.15) is 0 Å². The molecule has 1 aliphatic rings. The van der Waals surface area contributed by atoms with E-state index in [1.165, 1.54) is 11.3 Å². The van der Waals surface area contributed by atoms with Crippen molar-refractivity contribution in [3.63, 3.8) is 0 Å². The number of hydrogen-bond acceptors (Lipinski definition) is 4. The highest BCUT2D eigenvalue weighted by atomic mass is 32.1. The maximum atomic E-state index is 12.0. The summed E-state index contributed by atoms with van der Waals surface area (Å²) in [6.45, 7) is 0.710. The molecule has 2 atom stereocenters. The standard InChI is InChI=1S/C15H20N2O4S/c18-13(10-3-1-4-11(9-10)15(20)21)16-6-7-17-14(19)12-5-2-8-22-12/h2,5,8,10-11H,1,3-4,6-7,9H2,(H,16,18)(H,17,19)(H,20,21). The van der Waals surface area contributed by atoms with Gasteiger partial charge in [-0.25, -0.2) is 0 Å². The van der Waals surface area contributed by atoms with Crippen LogP contribution in [0.25, 0.3) is 0 Å². The molecule has 3 N–H and O–H groups in total. The minimum atomic E-state index is -0.819. The summed E-state index contributed by atoms with van der Waals surface area (Å²) in [4.78, 5) is 35.4. The number of carbonyl (C=O) groups excluding carboxylic acids is 2. The van der Waals surface area contributed by atoms with Crippen LogP contribution in [0.5, 0.6) is 0 Å². The number of amides is 2. The van der Waals surface area contributed by atoms with E-state index < -0.39 is 11.9 Å². The van der Waals surface area contributed by atoms with Crippen molar-refractivity contribution in [3.05, 3.63) is 22.4 Å². The molecule has 0 bridgehead atoms. The quantitative estimate of drug-likeness (QED) is 0.691. The van der Waals surface area contributed by atoms with Gasteiger partial charge in [-0.05, 0) is 30.7 Å². The largest absolute Gasteiger partial charge is 0.481 e. The predicted octanol–water partition coefficient (Wildman–Crippen LogP) is 1.49. The smallest absolute Gasteiger partial charge is 0.306 e. The Balaban J connectivity index is 1.67. The number of carboxylic acids is 1. The van der Waals surface area contributed by atoms with Crippen LogP contribution >= 0.6 is 11.3 Å². The first-order chi connectivity index (χ1) is 10.6. The van der Waals surface area contributed by atoms with Gasteiger partial charge in [-0.1, -0.05) is 12.5 Å². The molecule has 120 valence electrons. The number of nitrogens with one attached hydrogen (secondary N) is 2. The lowest BCUT2D eigenvalue weighted by Gasteiger charge is -2.25. The lowest BCUT2D eigenvalue weighted by atomic mass is 9.81. The minimum absolute atomic E-state index is 0.115. The third-order valence-corrected chi connectivity index (χ3v) is 4.72. The fourth-order valence-electron chi connectivity index (χ4n) is 2.65. The van der Waals surface area contributed by atoms with Crippen LogP contribution in [-0.4, -0.2) is 36.0 Å². The van der Waals surface area contributed by atoms with Gasteiger partial charge in [0.2, 0.25) is 5.91 Å². The van der Waals surface area contributed by atoms with Gasteiger partial charge in [-0.3, -0.25) is 14.4 Å². The van der Waals surface area contributed by atoms with Gasteiger partial charge >= 0.3 is 5.97 Å². The zero-order chi connectivity index (χ0) is 15.9. The normalized spacial score (nSPS) is 21.1. The molecular formula is C15H20N2O4S. The summed E-state index contributed by atoms with van der Waals surface area (Å²) in [5.74, 6) is -1.73. The van der Waals surface area contributed by atoms with E-state index in [9.17, 15) is 14.4 Å². The summed E-state index contributed by atoms with van der Waals surface area (Å²) in [7, 11) is 0. The highest BCUT2D eigenvalue weighted by molar-refractivity contribution is 7.12. The molecule has 2 amide bonds. The van der Waals surface area contributed by atoms with Gasteiger partial charge in [0.1, 0.15) is 0 Å². The molecule has 0 saturated heterocycles. The van der Waals surface area contributed by atoms with Gasteiger partial charge < -0.3 is 15.7 Å². The Bertz CT molecular complexity index is 530. The Morgan fingerprint density at radius 1 is 1.18 bits per heavy atom. The first kappa shape index (κ1) is 16.5. The molecule has 1 heterocycles. The third kappa shape index (κ3) is 4.56. The van der Waals surface area contributed by atoms with E-state index in [0.717, 1.165) is 12.8 Å². The summed E-state index contributed by atoms with van der Waals surface area (Å²) >= 11 is 1.37. The highest BCUT2D eigenvalue weighted by Crippen LogP contribution is 2.29. The number of carbonyl (C=O) groups is 3. The molecule has 6 nitrogen and oxygen atoms in total. The lowest BCUT2D eigenvalue weighted by Crippen LogP contribution is -2.39. The van der Waals surface area contributed by atoms with Crippen molar-refractivity contribution < 1.29 is 19.5 Å². The monoisotopic (exact) mass is 324 g/mol. The second kappa shape index (κ2) is 7.93. The average molecular weight is 324 g/mol. The fraction of sp³-hybridized carbons (Fsp3) is 0.533. The van der Waals surface area contributed by atoms with Crippen LogP contribution in [0, 0.1) is 11.8 Å². The van der Waals surface area contributed by atoms with Crippen LogP contribution in [0.2, 0.25) is 0 Å². The maximum Gasteiger partial charge on any atom is 0.306 e. The molecule has 1 aliphatic carbocycles. The molecule has 1 saturated carbocycles. The molecule has 0 spiro atoms. The van der Waals surface area contributed by atoms with E-state index in [2.05, 4.69) is 10.6 Å².